The molecule has 0 heterocycles. The fraction of sp³-hybridized carbons (Fsp3) is 0.0909. The second-order valence-electron chi connectivity index (χ2n) is 5.76. The second-order valence-corrected chi connectivity index (χ2v) is 5.76. The van der Waals surface area contributed by atoms with Crippen molar-refractivity contribution in [3.8, 4) is 11.1 Å². The summed E-state index contributed by atoms with van der Waals surface area (Å²) in [7, 11) is 0. The first-order valence-corrected chi connectivity index (χ1v) is 7.86. The number of aryl methyl sites for hydroxylation is 1. The van der Waals surface area contributed by atoms with E-state index >= 15 is 0 Å². The van der Waals surface area contributed by atoms with Crippen LogP contribution in [-0.4, -0.2) is 0 Å². The third-order valence-corrected chi connectivity index (χ3v) is 4.37. The Bertz CT molecular complexity index is 808. The van der Waals surface area contributed by atoms with Gasteiger partial charge in [0.15, 0.2) is 0 Å². The van der Waals surface area contributed by atoms with Gasteiger partial charge in [0, 0.05) is 0 Å². The average molecular weight is 282 g/mol. The molecular formula is C22H18. The highest BCUT2D eigenvalue weighted by molar-refractivity contribution is 5.83. The number of allylic oxidation sites excluding steroid dienone is 1. The van der Waals surface area contributed by atoms with Gasteiger partial charge in [-0.25, -0.2) is 0 Å². The first-order valence-electron chi connectivity index (χ1n) is 7.86. The molecule has 0 aromatic heterocycles. The molecule has 3 aromatic rings. The van der Waals surface area contributed by atoms with Gasteiger partial charge in [0.25, 0.3) is 0 Å². The minimum atomic E-state index is 1.13. The van der Waals surface area contributed by atoms with E-state index in [4.69, 9.17) is 0 Å². The van der Waals surface area contributed by atoms with Crippen molar-refractivity contribution in [1.29, 1.82) is 0 Å². The van der Waals surface area contributed by atoms with E-state index in [-0.39, 0.29) is 0 Å². The van der Waals surface area contributed by atoms with Crippen LogP contribution < -0.4 is 0 Å². The SMILES string of the molecule is C1=C(c2ccc(-c3ccccc3)cc2)c2ccccc2CC1. The van der Waals surface area contributed by atoms with Crippen LogP contribution in [-0.2, 0) is 6.42 Å². The Hall–Kier alpha value is -2.60. The van der Waals surface area contributed by atoms with E-state index in [2.05, 4.69) is 84.9 Å². The molecule has 0 saturated carbocycles. The molecule has 1 aliphatic carbocycles. The molecule has 0 bridgehead atoms. The van der Waals surface area contributed by atoms with Gasteiger partial charge in [0.1, 0.15) is 0 Å². The van der Waals surface area contributed by atoms with Crippen LogP contribution in [0.1, 0.15) is 23.1 Å². The number of fused-ring (bicyclic) bond motifs is 1. The van der Waals surface area contributed by atoms with Gasteiger partial charge in [-0.2, -0.15) is 0 Å². The number of hydrogen-bond acceptors (Lipinski definition) is 0. The topological polar surface area (TPSA) is 0 Å². The summed E-state index contributed by atoms with van der Waals surface area (Å²) in [5.41, 5.74) is 8.09. The van der Waals surface area contributed by atoms with Crippen molar-refractivity contribution < 1.29 is 0 Å². The zero-order valence-corrected chi connectivity index (χ0v) is 12.5. The van der Waals surface area contributed by atoms with Crippen LogP contribution in [0.15, 0.2) is 84.9 Å². The second kappa shape index (κ2) is 5.65. The molecular weight excluding hydrogens is 264 g/mol. The quantitative estimate of drug-likeness (QED) is 0.563. The maximum Gasteiger partial charge on any atom is -0.0148 e. The number of benzene rings is 3. The van der Waals surface area contributed by atoms with Gasteiger partial charge in [-0.3, -0.25) is 0 Å². The molecule has 0 fully saturated rings. The Labute approximate surface area is 131 Å². The van der Waals surface area contributed by atoms with E-state index in [1.54, 1.807) is 0 Å². The lowest BCUT2D eigenvalue weighted by Crippen LogP contribution is -2.00. The van der Waals surface area contributed by atoms with Crippen molar-refractivity contribution in [2.75, 3.05) is 0 Å². The van der Waals surface area contributed by atoms with Gasteiger partial charge in [-0.1, -0.05) is 84.9 Å². The Balaban J connectivity index is 1.71. The highest BCUT2D eigenvalue weighted by atomic mass is 14.2. The van der Waals surface area contributed by atoms with E-state index in [0.29, 0.717) is 0 Å². The lowest BCUT2D eigenvalue weighted by molar-refractivity contribution is 0.978. The first-order chi connectivity index (χ1) is 10.9. The molecule has 0 radical (unpaired) electrons. The third kappa shape index (κ3) is 2.37. The fourth-order valence-electron chi connectivity index (χ4n) is 3.23. The van der Waals surface area contributed by atoms with Crippen LogP contribution >= 0.6 is 0 Å². The molecule has 0 amide bonds. The van der Waals surface area contributed by atoms with Gasteiger partial charge in [-0.15, -0.1) is 0 Å². The molecule has 0 nitrogen and oxygen atoms in total. The minimum Gasteiger partial charge on any atom is -0.0757 e. The maximum absolute atomic E-state index is 2.37. The van der Waals surface area contributed by atoms with Gasteiger partial charge in [0.05, 0.1) is 0 Å². The van der Waals surface area contributed by atoms with Crippen molar-refractivity contribution in [2.24, 2.45) is 0 Å². The predicted octanol–water partition coefficient (Wildman–Crippen LogP) is 5.73. The van der Waals surface area contributed by atoms with Crippen molar-refractivity contribution in [3.05, 3.63) is 102 Å². The van der Waals surface area contributed by atoms with Crippen LogP contribution in [0.2, 0.25) is 0 Å². The van der Waals surface area contributed by atoms with E-state index in [1.807, 2.05) is 0 Å². The zero-order chi connectivity index (χ0) is 14.8. The monoisotopic (exact) mass is 282 g/mol. The molecule has 0 aliphatic heterocycles. The molecule has 3 aromatic carbocycles. The van der Waals surface area contributed by atoms with E-state index < -0.39 is 0 Å². The molecule has 0 heteroatoms. The van der Waals surface area contributed by atoms with Crippen LogP contribution in [0.4, 0.5) is 0 Å². The van der Waals surface area contributed by atoms with E-state index in [9.17, 15) is 0 Å². The van der Waals surface area contributed by atoms with Crippen LogP contribution in [0.5, 0.6) is 0 Å². The molecule has 0 spiro atoms. The summed E-state index contributed by atoms with van der Waals surface area (Å²) in [5, 5.41) is 0. The van der Waals surface area contributed by atoms with Crippen molar-refractivity contribution >= 4 is 5.57 Å². The fourth-order valence-corrected chi connectivity index (χ4v) is 3.23. The summed E-state index contributed by atoms with van der Waals surface area (Å²) in [6, 6.07) is 28.3. The Morgan fingerprint density at radius 3 is 2.00 bits per heavy atom. The minimum absolute atomic E-state index is 1.13. The van der Waals surface area contributed by atoms with Crippen molar-refractivity contribution in [2.45, 2.75) is 12.8 Å². The Morgan fingerprint density at radius 1 is 0.545 bits per heavy atom. The Kier molecular flexibility index (Phi) is 3.36. The van der Waals surface area contributed by atoms with Crippen molar-refractivity contribution in [1.82, 2.24) is 0 Å². The average Bonchev–Trinajstić information content (AvgIpc) is 2.62. The van der Waals surface area contributed by atoms with Crippen molar-refractivity contribution in [3.63, 3.8) is 0 Å². The van der Waals surface area contributed by atoms with Gasteiger partial charge >= 0.3 is 0 Å². The molecule has 106 valence electrons. The highest BCUT2D eigenvalue weighted by Crippen LogP contribution is 2.32. The third-order valence-electron chi connectivity index (χ3n) is 4.37. The summed E-state index contributed by atoms with van der Waals surface area (Å²) in [4.78, 5) is 0. The van der Waals surface area contributed by atoms with Gasteiger partial charge in [0.2, 0.25) is 0 Å². The first kappa shape index (κ1) is 13.1. The molecule has 1 aliphatic rings. The van der Waals surface area contributed by atoms with Gasteiger partial charge in [-0.05, 0) is 46.2 Å². The summed E-state index contributed by atoms with van der Waals surface area (Å²) >= 11 is 0. The highest BCUT2D eigenvalue weighted by Gasteiger charge is 2.13. The normalized spacial score (nSPS) is 13.4. The van der Waals surface area contributed by atoms with Gasteiger partial charge < -0.3 is 0 Å². The smallest absolute Gasteiger partial charge is 0.0148 e. The van der Waals surface area contributed by atoms with Crippen LogP contribution in [0.25, 0.3) is 16.7 Å². The number of hydrogen-bond donors (Lipinski definition) is 0. The largest absolute Gasteiger partial charge is 0.0757 e. The molecule has 0 N–H and O–H groups in total. The molecule has 22 heavy (non-hydrogen) atoms. The zero-order valence-electron chi connectivity index (χ0n) is 12.5. The molecule has 4 rings (SSSR count). The Morgan fingerprint density at radius 2 is 1.18 bits per heavy atom. The standard InChI is InChI=1S/C22H18/c1-2-7-17(8-3-1)18-13-15-20(16-14-18)22-12-6-10-19-9-4-5-11-21(19)22/h1-5,7-9,11-16H,6,10H2. The number of rotatable bonds is 2. The van der Waals surface area contributed by atoms with Crippen LogP contribution in [0.3, 0.4) is 0 Å². The predicted molar refractivity (Wildman–Crippen MR) is 93.7 cm³/mol. The van der Waals surface area contributed by atoms with E-state index in [0.717, 1.165) is 12.8 Å². The summed E-state index contributed by atoms with van der Waals surface area (Å²) < 4.78 is 0. The molecule has 0 unspecified atom stereocenters. The molecule has 0 saturated heterocycles. The summed E-state index contributed by atoms with van der Waals surface area (Å²) in [5.74, 6) is 0. The maximum atomic E-state index is 2.37. The van der Waals surface area contributed by atoms with Crippen LogP contribution in [0, 0.1) is 0 Å². The van der Waals surface area contributed by atoms with E-state index in [1.165, 1.54) is 33.4 Å². The lowest BCUT2D eigenvalue weighted by Gasteiger charge is -2.18. The lowest BCUT2D eigenvalue weighted by atomic mass is 9.86. The molecule has 0 atom stereocenters. The summed E-state index contributed by atoms with van der Waals surface area (Å²) in [6.45, 7) is 0. The summed E-state index contributed by atoms with van der Waals surface area (Å²) in [6.07, 6.45) is 4.66.